The van der Waals surface area contributed by atoms with Crippen molar-refractivity contribution in [2.75, 3.05) is 12.1 Å². The first kappa shape index (κ1) is 13.5. The van der Waals surface area contributed by atoms with Crippen LogP contribution in [0, 0.1) is 6.92 Å². The van der Waals surface area contributed by atoms with Crippen LogP contribution in [0.1, 0.15) is 17.5 Å². The zero-order chi connectivity index (χ0) is 14.7. The highest BCUT2D eigenvalue weighted by Crippen LogP contribution is 2.35. The first-order valence-corrected chi connectivity index (χ1v) is 6.96. The molecule has 0 bridgehead atoms. The van der Waals surface area contributed by atoms with Crippen molar-refractivity contribution in [3.63, 3.8) is 0 Å². The summed E-state index contributed by atoms with van der Waals surface area (Å²) < 4.78 is 10.8. The summed E-state index contributed by atoms with van der Waals surface area (Å²) in [5.41, 5.74) is 3.00. The number of anilines is 1. The Hall–Kier alpha value is -2.49. The zero-order valence-corrected chi connectivity index (χ0v) is 11.9. The molecular formula is C17H17NO3. The number of para-hydroxylation sites is 1. The molecule has 0 aromatic heterocycles. The predicted molar refractivity (Wildman–Crippen MR) is 80.7 cm³/mol. The summed E-state index contributed by atoms with van der Waals surface area (Å²) in [7, 11) is 0. The van der Waals surface area contributed by atoms with E-state index in [9.17, 15) is 4.79 Å². The lowest BCUT2D eigenvalue weighted by molar-refractivity contribution is -0.116. The van der Waals surface area contributed by atoms with Gasteiger partial charge in [0.2, 0.25) is 12.7 Å². The summed E-state index contributed by atoms with van der Waals surface area (Å²) in [5, 5.41) is 2.90. The molecule has 1 N–H and O–H groups in total. The lowest BCUT2D eigenvalue weighted by Crippen LogP contribution is -2.12. The zero-order valence-electron chi connectivity index (χ0n) is 11.9. The van der Waals surface area contributed by atoms with Gasteiger partial charge in [-0.2, -0.15) is 0 Å². The number of carbonyl (C=O) groups is 1. The van der Waals surface area contributed by atoms with Crippen LogP contribution in [0.25, 0.3) is 0 Å². The lowest BCUT2D eigenvalue weighted by atomic mass is 10.1. The molecule has 0 atom stereocenters. The first-order chi connectivity index (χ1) is 10.2. The van der Waals surface area contributed by atoms with Crippen LogP contribution in [0.3, 0.4) is 0 Å². The summed E-state index contributed by atoms with van der Waals surface area (Å²) >= 11 is 0. The molecule has 0 unspecified atom stereocenters. The van der Waals surface area contributed by atoms with Crippen LogP contribution in [-0.2, 0) is 11.2 Å². The highest BCUT2D eigenvalue weighted by atomic mass is 16.7. The number of aryl methyl sites for hydroxylation is 2. The van der Waals surface area contributed by atoms with Gasteiger partial charge in [0.25, 0.3) is 0 Å². The number of hydrogen-bond donors (Lipinski definition) is 1. The van der Waals surface area contributed by atoms with E-state index in [1.54, 1.807) is 0 Å². The summed E-state index contributed by atoms with van der Waals surface area (Å²) in [6.07, 6.45) is 1.04. The standard InChI is InChI=1S/C17H17NO3/c1-12-5-8-14(9-6-12)18-16(19)10-7-13-3-2-4-15-17(13)21-11-20-15/h2-6,8-9H,7,10-11H2,1H3,(H,18,19). The Morgan fingerprint density at radius 2 is 1.95 bits per heavy atom. The second-order valence-electron chi connectivity index (χ2n) is 5.07. The van der Waals surface area contributed by atoms with Crippen molar-refractivity contribution in [3.8, 4) is 11.5 Å². The molecule has 21 heavy (non-hydrogen) atoms. The fraction of sp³-hybridized carbons (Fsp3) is 0.235. The van der Waals surface area contributed by atoms with Gasteiger partial charge < -0.3 is 14.8 Å². The van der Waals surface area contributed by atoms with E-state index < -0.39 is 0 Å². The molecule has 0 saturated carbocycles. The first-order valence-electron chi connectivity index (χ1n) is 6.96. The van der Waals surface area contributed by atoms with Crippen LogP contribution < -0.4 is 14.8 Å². The van der Waals surface area contributed by atoms with Gasteiger partial charge >= 0.3 is 0 Å². The normalized spacial score (nSPS) is 12.2. The Morgan fingerprint density at radius 1 is 1.14 bits per heavy atom. The number of amides is 1. The molecule has 4 heteroatoms. The summed E-state index contributed by atoms with van der Waals surface area (Å²) in [4.78, 5) is 12.0. The lowest BCUT2D eigenvalue weighted by Gasteiger charge is -2.07. The van der Waals surface area contributed by atoms with Crippen molar-refractivity contribution in [2.24, 2.45) is 0 Å². The Labute approximate surface area is 123 Å². The smallest absolute Gasteiger partial charge is 0.231 e. The molecular weight excluding hydrogens is 266 g/mol. The number of ether oxygens (including phenoxy) is 2. The third-order valence-electron chi connectivity index (χ3n) is 3.43. The van der Waals surface area contributed by atoms with E-state index in [1.807, 2.05) is 49.4 Å². The van der Waals surface area contributed by atoms with Crippen LogP contribution in [0.15, 0.2) is 42.5 Å². The van der Waals surface area contributed by atoms with E-state index >= 15 is 0 Å². The topological polar surface area (TPSA) is 47.6 Å². The molecule has 108 valence electrons. The minimum Gasteiger partial charge on any atom is -0.454 e. The van der Waals surface area contributed by atoms with E-state index in [0.717, 1.165) is 22.7 Å². The minimum absolute atomic E-state index is 0.00429. The van der Waals surface area contributed by atoms with Gasteiger partial charge in [0.1, 0.15) is 0 Å². The number of carbonyl (C=O) groups excluding carboxylic acids is 1. The highest BCUT2D eigenvalue weighted by Gasteiger charge is 2.17. The van der Waals surface area contributed by atoms with Gasteiger partial charge in [0.15, 0.2) is 11.5 Å². The van der Waals surface area contributed by atoms with Crippen LogP contribution in [0.4, 0.5) is 5.69 Å². The molecule has 0 saturated heterocycles. The van der Waals surface area contributed by atoms with Crippen LogP contribution >= 0.6 is 0 Å². The van der Waals surface area contributed by atoms with Gasteiger partial charge in [-0.3, -0.25) is 4.79 Å². The number of nitrogens with one attached hydrogen (secondary N) is 1. The van der Waals surface area contributed by atoms with E-state index in [0.29, 0.717) is 12.8 Å². The van der Waals surface area contributed by atoms with Crippen molar-refractivity contribution in [2.45, 2.75) is 19.8 Å². The Balaban J connectivity index is 1.59. The molecule has 0 radical (unpaired) electrons. The maximum atomic E-state index is 12.0. The van der Waals surface area contributed by atoms with Crippen LogP contribution in [0.2, 0.25) is 0 Å². The molecule has 0 fully saturated rings. The fourth-order valence-electron chi connectivity index (χ4n) is 2.30. The predicted octanol–water partition coefficient (Wildman–Crippen LogP) is 3.30. The molecule has 1 heterocycles. The minimum atomic E-state index is -0.00429. The maximum absolute atomic E-state index is 12.0. The maximum Gasteiger partial charge on any atom is 0.231 e. The van der Waals surface area contributed by atoms with E-state index in [2.05, 4.69) is 5.32 Å². The monoisotopic (exact) mass is 283 g/mol. The SMILES string of the molecule is Cc1ccc(NC(=O)CCc2cccc3c2OCO3)cc1. The van der Waals surface area contributed by atoms with Crippen LogP contribution in [-0.4, -0.2) is 12.7 Å². The van der Waals surface area contributed by atoms with Gasteiger partial charge in [0.05, 0.1) is 0 Å². The average molecular weight is 283 g/mol. The van der Waals surface area contributed by atoms with Gasteiger partial charge in [0, 0.05) is 12.1 Å². The quantitative estimate of drug-likeness (QED) is 0.936. The Kier molecular flexibility index (Phi) is 3.77. The van der Waals surface area contributed by atoms with E-state index in [4.69, 9.17) is 9.47 Å². The van der Waals surface area contributed by atoms with E-state index in [-0.39, 0.29) is 12.7 Å². The van der Waals surface area contributed by atoms with Crippen molar-refractivity contribution in [1.82, 2.24) is 0 Å². The molecule has 0 spiro atoms. The Bertz CT molecular complexity index is 650. The van der Waals surface area contributed by atoms with E-state index in [1.165, 1.54) is 5.56 Å². The molecule has 2 aromatic carbocycles. The number of fused-ring (bicyclic) bond motifs is 1. The Morgan fingerprint density at radius 3 is 2.76 bits per heavy atom. The molecule has 1 aliphatic heterocycles. The fourth-order valence-corrected chi connectivity index (χ4v) is 2.30. The number of hydrogen-bond acceptors (Lipinski definition) is 3. The largest absolute Gasteiger partial charge is 0.454 e. The molecule has 2 aromatic rings. The van der Waals surface area contributed by atoms with Gasteiger partial charge in [-0.25, -0.2) is 0 Å². The second kappa shape index (κ2) is 5.87. The third-order valence-corrected chi connectivity index (χ3v) is 3.43. The van der Waals surface area contributed by atoms with Crippen LogP contribution in [0.5, 0.6) is 11.5 Å². The van der Waals surface area contributed by atoms with Crippen molar-refractivity contribution >= 4 is 11.6 Å². The highest BCUT2D eigenvalue weighted by molar-refractivity contribution is 5.90. The van der Waals surface area contributed by atoms with Gasteiger partial charge in [-0.1, -0.05) is 29.8 Å². The number of benzene rings is 2. The van der Waals surface area contributed by atoms with Crippen molar-refractivity contribution < 1.29 is 14.3 Å². The second-order valence-corrected chi connectivity index (χ2v) is 5.07. The van der Waals surface area contributed by atoms with Crippen molar-refractivity contribution in [3.05, 3.63) is 53.6 Å². The summed E-state index contributed by atoms with van der Waals surface area (Å²) in [6.45, 7) is 2.27. The van der Waals surface area contributed by atoms with Gasteiger partial charge in [-0.15, -0.1) is 0 Å². The molecule has 1 amide bonds. The molecule has 3 rings (SSSR count). The number of rotatable bonds is 4. The molecule has 1 aliphatic rings. The molecule has 0 aliphatic carbocycles. The average Bonchev–Trinajstić information content (AvgIpc) is 2.96. The third kappa shape index (κ3) is 3.16. The van der Waals surface area contributed by atoms with Gasteiger partial charge in [-0.05, 0) is 37.1 Å². The summed E-state index contributed by atoms with van der Waals surface area (Å²) in [5.74, 6) is 1.52. The van der Waals surface area contributed by atoms with Crippen molar-refractivity contribution in [1.29, 1.82) is 0 Å². The molecule has 4 nitrogen and oxygen atoms in total. The summed E-state index contributed by atoms with van der Waals surface area (Å²) in [6, 6.07) is 13.5.